The number of hydrogen-bond donors (Lipinski definition) is 2. The average molecular weight is 231 g/mol. The summed E-state index contributed by atoms with van der Waals surface area (Å²) in [4.78, 5) is 7.82. The van der Waals surface area contributed by atoms with E-state index >= 15 is 0 Å². The number of nitrogen functional groups attached to an aromatic ring is 1. The van der Waals surface area contributed by atoms with Crippen molar-refractivity contribution in [1.82, 2.24) is 9.97 Å². The Kier molecular flexibility index (Phi) is 3.28. The highest BCUT2D eigenvalue weighted by atomic mass is 79.9. The normalized spacial score (nSPS) is 9.83. The highest BCUT2D eigenvalue weighted by Crippen LogP contribution is 2.23. The van der Waals surface area contributed by atoms with Crippen LogP contribution in [0.25, 0.3) is 0 Å². The molecule has 5 heteroatoms. The molecule has 0 atom stereocenters. The zero-order valence-electron chi connectivity index (χ0n) is 6.84. The van der Waals surface area contributed by atoms with Crippen molar-refractivity contribution in [2.45, 2.75) is 13.3 Å². The van der Waals surface area contributed by atoms with Gasteiger partial charge in [-0.15, -0.1) is 0 Å². The van der Waals surface area contributed by atoms with E-state index in [1.54, 1.807) is 0 Å². The second kappa shape index (κ2) is 4.25. The Morgan fingerprint density at radius 1 is 1.58 bits per heavy atom. The molecule has 0 saturated heterocycles. The molecule has 66 valence electrons. The molecule has 0 radical (unpaired) electrons. The summed E-state index contributed by atoms with van der Waals surface area (Å²) in [6.45, 7) is 2.96. The molecule has 1 aromatic rings. The maximum Gasteiger partial charge on any atom is 0.151 e. The Morgan fingerprint density at radius 2 is 2.33 bits per heavy atom. The fourth-order valence-corrected chi connectivity index (χ4v) is 1.22. The first-order valence-corrected chi connectivity index (χ1v) is 4.54. The summed E-state index contributed by atoms with van der Waals surface area (Å²) in [5.74, 6) is 0.477. The molecular weight excluding hydrogens is 220 g/mol. The van der Waals surface area contributed by atoms with Gasteiger partial charge < -0.3 is 11.1 Å². The molecule has 0 saturated carbocycles. The van der Waals surface area contributed by atoms with Gasteiger partial charge in [-0.05, 0) is 22.4 Å². The fourth-order valence-electron chi connectivity index (χ4n) is 0.790. The maximum absolute atomic E-state index is 5.62. The van der Waals surface area contributed by atoms with Gasteiger partial charge in [-0.2, -0.15) is 0 Å². The molecule has 0 amide bonds. The average Bonchev–Trinajstić information content (AvgIpc) is 2.04. The van der Waals surface area contributed by atoms with Crippen LogP contribution in [-0.2, 0) is 0 Å². The van der Waals surface area contributed by atoms with E-state index < -0.39 is 0 Å². The van der Waals surface area contributed by atoms with Crippen LogP contribution in [0.1, 0.15) is 13.3 Å². The minimum atomic E-state index is 0.477. The molecule has 0 aliphatic rings. The molecule has 0 aliphatic heterocycles. The lowest BCUT2D eigenvalue weighted by Crippen LogP contribution is -2.06. The van der Waals surface area contributed by atoms with Gasteiger partial charge in [-0.25, -0.2) is 9.97 Å². The summed E-state index contributed by atoms with van der Waals surface area (Å²) in [7, 11) is 0. The summed E-state index contributed by atoms with van der Waals surface area (Å²) in [5.41, 5.74) is 6.40. The van der Waals surface area contributed by atoms with Crippen LogP contribution in [0.15, 0.2) is 10.9 Å². The zero-order chi connectivity index (χ0) is 8.97. The van der Waals surface area contributed by atoms with E-state index in [-0.39, 0.29) is 0 Å². The number of nitrogens with zero attached hydrogens (tertiary/aromatic N) is 2. The minimum Gasteiger partial charge on any atom is -0.382 e. The highest BCUT2D eigenvalue weighted by molar-refractivity contribution is 9.10. The van der Waals surface area contributed by atoms with Crippen molar-refractivity contribution in [3.63, 3.8) is 0 Å². The van der Waals surface area contributed by atoms with Crippen LogP contribution in [0.5, 0.6) is 0 Å². The number of nitrogens with one attached hydrogen (secondary N) is 1. The molecule has 3 N–H and O–H groups in total. The molecule has 4 nitrogen and oxygen atoms in total. The number of anilines is 2. The lowest BCUT2D eigenvalue weighted by atomic mass is 10.4. The van der Waals surface area contributed by atoms with E-state index in [0.29, 0.717) is 10.4 Å². The van der Waals surface area contributed by atoms with Crippen molar-refractivity contribution in [2.24, 2.45) is 0 Å². The van der Waals surface area contributed by atoms with Gasteiger partial charge in [0.1, 0.15) is 16.6 Å². The minimum absolute atomic E-state index is 0.477. The van der Waals surface area contributed by atoms with E-state index in [4.69, 9.17) is 5.73 Å². The molecular formula is C7H11BrN4. The third kappa shape index (κ3) is 2.07. The number of nitrogens with two attached hydrogens (primary N) is 1. The van der Waals surface area contributed by atoms with Gasteiger partial charge in [0.05, 0.1) is 0 Å². The largest absolute Gasteiger partial charge is 0.382 e. The summed E-state index contributed by atoms with van der Waals surface area (Å²) < 4.78 is 0.712. The van der Waals surface area contributed by atoms with E-state index in [1.807, 2.05) is 0 Å². The van der Waals surface area contributed by atoms with Gasteiger partial charge >= 0.3 is 0 Å². The summed E-state index contributed by atoms with van der Waals surface area (Å²) in [6, 6.07) is 0. The van der Waals surface area contributed by atoms with Crippen LogP contribution in [0.2, 0.25) is 0 Å². The van der Waals surface area contributed by atoms with Crippen LogP contribution < -0.4 is 11.1 Å². The van der Waals surface area contributed by atoms with Gasteiger partial charge in [0.2, 0.25) is 0 Å². The number of halogens is 1. The first kappa shape index (κ1) is 9.25. The Balaban J connectivity index is 2.81. The molecule has 0 unspecified atom stereocenters. The standard InChI is InChI=1S/C7H11BrN4/c1-2-3-10-5-6(8)11-4-12-7(5)9/h4,10H,2-3H2,1H3,(H2,9,11,12). The molecule has 12 heavy (non-hydrogen) atoms. The van der Waals surface area contributed by atoms with E-state index in [2.05, 4.69) is 38.1 Å². The first-order valence-electron chi connectivity index (χ1n) is 3.75. The topological polar surface area (TPSA) is 63.8 Å². The Hall–Kier alpha value is -0.840. The molecule has 0 bridgehead atoms. The van der Waals surface area contributed by atoms with Gasteiger partial charge in [0, 0.05) is 6.54 Å². The summed E-state index contributed by atoms with van der Waals surface area (Å²) in [5, 5.41) is 3.13. The van der Waals surface area contributed by atoms with Crippen molar-refractivity contribution >= 4 is 27.4 Å². The van der Waals surface area contributed by atoms with Crippen molar-refractivity contribution in [1.29, 1.82) is 0 Å². The molecule has 1 heterocycles. The third-order valence-electron chi connectivity index (χ3n) is 1.38. The van der Waals surface area contributed by atoms with Crippen LogP contribution in [0.4, 0.5) is 11.5 Å². The highest BCUT2D eigenvalue weighted by Gasteiger charge is 2.04. The van der Waals surface area contributed by atoms with Crippen molar-refractivity contribution < 1.29 is 0 Å². The number of rotatable bonds is 3. The Labute approximate surface area is 79.7 Å². The molecule has 1 rings (SSSR count). The second-order valence-electron chi connectivity index (χ2n) is 2.35. The molecule has 0 aliphatic carbocycles. The second-order valence-corrected chi connectivity index (χ2v) is 3.10. The van der Waals surface area contributed by atoms with Crippen molar-refractivity contribution in [2.75, 3.05) is 17.6 Å². The van der Waals surface area contributed by atoms with Crippen LogP contribution in [-0.4, -0.2) is 16.5 Å². The number of aromatic nitrogens is 2. The monoisotopic (exact) mass is 230 g/mol. The first-order chi connectivity index (χ1) is 5.75. The third-order valence-corrected chi connectivity index (χ3v) is 1.98. The van der Waals surface area contributed by atoms with Crippen molar-refractivity contribution in [3.05, 3.63) is 10.9 Å². The van der Waals surface area contributed by atoms with Crippen molar-refractivity contribution in [3.8, 4) is 0 Å². The Bertz CT molecular complexity index is 243. The fraction of sp³-hybridized carbons (Fsp3) is 0.429. The summed E-state index contributed by atoms with van der Waals surface area (Å²) in [6.07, 6.45) is 2.47. The molecule has 0 fully saturated rings. The predicted molar refractivity (Wildman–Crippen MR) is 52.9 cm³/mol. The summed E-state index contributed by atoms with van der Waals surface area (Å²) >= 11 is 3.28. The smallest absolute Gasteiger partial charge is 0.151 e. The van der Waals surface area contributed by atoms with Crippen LogP contribution >= 0.6 is 15.9 Å². The number of hydrogen-bond acceptors (Lipinski definition) is 4. The van der Waals surface area contributed by atoms with Gasteiger partial charge in [0.15, 0.2) is 5.82 Å². The molecule has 1 aromatic heterocycles. The van der Waals surface area contributed by atoms with Gasteiger partial charge in [-0.1, -0.05) is 6.92 Å². The van der Waals surface area contributed by atoms with Gasteiger partial charge in [0.25, 0.3) is 0 Å². The molecule has 0 aromatic carbocycles. The van der Waals surface area contributed by atoms with E-state index in [0.717, 1.165) is 18.7 Å². The lowest BCUT2D eigenvalue weighted by Gasteiger charge is -2.07. The van der Waals surface area contributed by atoms with E-state index in [9.17, 15) is 0 Å². The lowest BCUT2D eigenvalue weighted by molar-refractivity contribution is 0.971. The van der Waals surface area contributed by atoms with Crippen LogP contribution in [0.3, 0.4) is 0 Å². The SMILES string of the molecule is CCCNc1c(N)ncnc1Br. The predicted octanol–water partition coefficient (Wildman–Crippen LogP) is 1.64. The quantitative estimate of drug-likeness (QED) is 0.776. The maximum atomic E-state index is 5.62. The van der Waals surface area contributed by atoms with Gasteiger partial charge in [-0.3, -0.25) is 0 Å². The van der Waals surface area contributed by atoms with Crippen LogP contribution in [0, 0.1) is 0 Å². The zero-order valence-corrected chi connectivity index (χ0v) is 8.43. The van der Waals surface area contributed by atoms with E-state index in [1.165, 1.54) is 6.33 Å². The Morgan fingerprint density at radius 3 is 2.92 bits per heavy atom. The molecule has 0 spiro atoms.